The predicted molar refractivity (Wildman–Crippen MR) is 68.2 cm³/mol. The van der Waals surface area contributed by atoms with E-state index >= 15 is 0 Å². The fraction of sp³-hybridized carbons (Fsp3) is 0.0833. The average molecular weight is 260 g/mol. The van der Waals surface area contributed by atoms with E-state index in [2.05, 4.69) is 21.4 Å². The quantitative estimate of drug-likeness (QED) is 0.679. The maximum Gasteiger partial charge on any atom is 0.152 e. The maximum absolute atomic E-state index is 12.8. The third-order valence-corrected chi connectivity index (χ3v) is 2.92. The second kappa shape index (κ2) is 5.47. The van der Waals surface area contributed by atoms with Crippen LogP contribution in [0, 0.1) is 17.1 Å². The van der Waals surface area contributed by atoms with E-state index in [9.17, 15) is 4.39 Å². The first-order valence-corrected chi connectivity index (χ1v) is 6.28. The molecule has 0 aliphatic carbocycles. The lowest BCUT2D eigenvalue weighted by molar-refractivity contribution is 0.628. The fourth-order valence-corrected chi connectivity index (χ4v) is 1.89. The number of nitrogens with zero attached hydrogens (tertiary/aromatic N) is 3. The van der Waals surface area contributed by atoms with Gasteiger partial charge in [-0.2, -0.15) is 5.26 Å². The predicted octanol–water partition coefficient (Wildman–Crippen LogP) is 2.95. The summed E-state index contributed by atoms with van der Waals surface area (Å²) in [4.78, 5) is 8.04. The molecule has 0 amide bonds. The van der Waals surface area contributed by atoms with Crippen molar-refractivity contribution >= 4 is 23.3 Å². The highest BCUT2D eigenvalue weighted by molar-refractivity contribution is 7.98. The normalized spacial score (nSPS) is 9.83. The van der Waals surface area contributed by atoms with Crippen LogP contribution in [0.25, 0.3) is 0 Å². The van der Waals surface area contributed by atoms with Crippen LogP contribution in [0.1, 0.15) is 5.56 Å². The summed E-state index contributed by atoms with van der Waals surface area (Å²) in [6.45, 7) is 0. The summed E-state index contributed by atoms with van der Waals surface area (Å²) in [5.74, 6) is 0.108. The van der Waals surface area contributed by atoms with Crippen molar-refractivity contribution in [3.8, 4) is 6.07 Å². The summed E-state index contributed by atoms with van der Waals surface area (Å²) in [6.07, 6.45) is 3.23. The molecular formula is C12H9FN4S. The first-order valence-electron chi connectivity index (χ1n) is 5.06. The molecule has 2 aromatic rings. The van der Waals surface area contributed by atoms with E-state index in [0.29, 0.717) is 22.1 Å². The molecule has 90 valence electrons. The lowest BCUT2D eigenvalue weighted by atomic mass is 10.3. The van der Waals surface area contributed by atoms with Crippen LogP contribution in [0.4, 0.5) is 15.9 Å². The topological polar surface area (TPSA) is 61.6 Å². The van der Waals surface area contributed by atoms with Gasteiger partial charge in [0.15, 0.2) is 5.82 Å². The molecule has 1 aromatic heterocycles. The minimum Gasteiger partial charge on any atom is -0.339 e. The van der Waals surface area contributed by atoms with Crippen LogP contribution in [0.15, 0.2) is 35.6 Å². The zero-order valence-electron chi connectivity index (χ0n) is 9.51. The van der Waals surface area contributed by atoms with E-state index in [1.165, 1.54) is 30.2 Å². The van der Waals surface area contributed by atoms with Crippen LogP contribution >= 0.6 is 11.8 Å². The van der Waals surface area contributed by atoms with Gasteiger partial charge < -0.3 is 5.32 Å². The standard InChI is InChI=1S/C12H9FN4S/c1-18-12-10(6-14)11(15-7-16-12)17-9-4-2-8(13)3-5-9/h2-5,7H,1H3,(H,15,16,17). The highest BCUT2D eigenvalue weighted by atomic mass is 32.2. The highest BCUT2D eigenvalue weighted by Crippen LogP contribution is 2.24. The number of benzene rings is 1. The van der Waals surface area contributed by atoms with E-state index < -0.39 is 0 Å². The first-order chi connectivity index (χ1) is 8.74. The van der Waals surface area contributed by atoms with Crippen molar-refractivity contribution in [3.63, 3.8) is 0 Å². The Kier molecular flexibility index (Phi) is 3.75. The van der Waals surface area contributed by atoms with Gasteiger partial charge in [0.25, 0.3) is 0 Å². The molecule has 0 saturated carbocycles. The van der Waals surface area contributed by atoms with Gasteiger partial charge in [-0.25, -0.2) is 14.4 Å². The summed E-state index contributed by atoms with van der Waals surface area (Å²) in [5.41, 5.74) is 1.05. The van der Waals surface area contributed by atoms with Crippen molar-refractivity contribution in [1.29, 1.82) is 5.26 Å². The Morgan fingerprint density at radius 2 is 2.00 bits per heavy atom. The van der Waals surface area contributed by atoms with Crippen molar-refractivity contribution in [2.45, 2.75) is 5.03 Å². The zero-order valence-corrected chi connectivity index (χ0v) is 10.3. The molecule has 1 heterocycles. The Bertz CT molecular complexity index is 592. The second-order valence-electron chi connectivity index (χ2n) is 3.35. The van der Waals surface area contributed by atoms with Crippen molar-refractivity contribution in [2.75, 3.05) is 11.6 Å². The van der Waals surface area contributed by atoms with Gasteiger partial charge in [0.05, 0.1) is 0 Å². The lowest BCUT2D eigenvalue weighted by Crippen LogP contribution is -2.00. The molecule has 0 radical (unpaired) electrons. The van der Waals surface area contributed by atoms with E-state index in [-0.39, 0.29) is 5.82 Å². The molecule has 1 N–H and O–H groups in total. The Labute approximate surface area is 108 Å². The minimum atomic E-state index is -0.312. The lowest BCUT2D eigenvalue weighted by Gasteiger charge is -2.08. The van der Waals surface area contributed by atoms with Gasteiger partial charge in [0.2, 0.25) is 0 Å². The number of anilines is 2. The van der Waals surface area contributed by atoms with Crippen LogP contribution in [0.3, 0.4) is 0 Å². The molecule has 2 rings (SSSR count). The molecule has 0 unspecified atom stereocenters. The number of rotatable bonds is 3. The molecule has 0 aliphatic rings. The third-order valence-electron chi connectivity index (χ3n) is 2.22. The van der Waals surface area contributed by atoms with Gasteiger partial charge in [-0.3, -0.25) is 0 Å². The molecule has 18 heavy (non-hydrogen) atoms. The Morgan fingerprint density at radius 3 is 2.61 bits per heavy atom. The van der Waals surface area contributed by atoms with E-state index in [1.807, 2.05) is 6.26 Å². The number of thioether (sulfide) groups is 1. The molecule has 4 nitrogen and oxygen atoms in total. The molecule has 1 aromatic carbocycles. The Morgan fingerprint density at radius 1 is 1.28 bits per heavy atom. The summed E-state index contributed by atoms with van der Waals surface area (Å²) in [5, 5.41) is 12.7. The van der Waals surface area contributed by atoms with Crippen LogP contribution in [0.5, 0.6) is 0 Å². The van der Waals surface area contributed by atoms with E-state index in [0.717, 1.165) is 0 Å². The Hall–Kier alpha value is -2.13. The number of nitriles is 1. The van der Waals surface area contributed by atoms with Gasteiger partial charge in [0, 0.05) is 5.69 Å². The largest absolute Gasteiger partial charge is 0.339 e. The summed E-state index contributed by atoms with van der Waals surface area (Å²) < 4.78 is 12.8. The van der Waals surface area contributed by atoms with Crippen LogP contribution < -0.4 is 5.32 Å². The number of aromatic nitrogens is 2. The number of nitrogens with one attached hydrogen (secondary N) is 1. The molecule has 6 heteroatoms. The molecule has 0 bridgehead atoms. The van der Waals surface area contributed by atoms with Gasteiger partial charge in [-0.05, 0) is 30.5 Å². The molecule has 0 atom stereocenters. The first kappa shape index (κ1) is 12.3. The van der Waals surface area contributed by atoms with Crippen molar-refractivity contribution in [3.05, 3.63) is 42.0 Å². The van der Waals surface area contributed by atoms with Gasteiger partial charge in [-0.15, -0.1) is 11.8 Å². The fourth-order valence-electron chi connectivity index (χ4n) is 1.39. The second-order valence-corrected chi connectivity index (χ2v) is 4.15. The van der Waals surface area contributed by atoms with Gasteiger partial charge >= 0.3 is 0 Å². The molecule has 0 saturated heterocycles. The van der Waals surface area contributed by atoms with Crippen LogP contribution in [-0.4, -0.2) is 16.2 Å². The van der Waals surface area contributed by atoms with Gasteiger partial charge in [0.1, 0.15) is 28.8 Å². The number of halogens is 1. The average Bonchev–Trinajstić information content (AvgIpc) is 2.41. The van der Waals surface area contributed by atoms with E-state index in [4.69, 9.17) is 5.26 Å². The molecular weight excluding hydrogens is 251 g/mol. The summed E-state index contributed by atoms with van der Waals surface area (Å²) >= 11 is 1.37. The monoisotopic (exact) mass is 260 g/mol. The molecule has 0 fully saturated rings. The zero-order chi connectivity index (χ0) is 13.0. The number of hydrogen-bond donors (Lipinski definition) is 1. The summed E-state index contributed by atoms with van der Waals surface area (Å²) in [6, 6.07) is 7.90. The Balaban J connectivity index is 2.35. The van der Waals surface area contributed by atoms with Crippen LogP contribution in [0.2, 0.25) is 0 Å². The SMILES string of the molecule is CSc1ncnc(Nc2ccc(F)cc2)c1C#N. The highest BCUT2D eigenvalue weighted by Gasteiger charge is 2.10. The maximum atomic E-state index is 12.8. The van der Waals surface area contributed by atoms with E-state index in [1.54, 1.807) is 12.1 Å². The van der Waals surface area contributed by atoms with Crippen molar-refractivity contribution in [2.24, 2.45) is 0 Å². The third kappa shape index (κ3) is 2.57. The summed E-state index contributed by atoms with van der Waals surface area (Å²) in [7, 11) is 0. The number of hydrogen-bond acceptors (Lipinski definition) is 5. The minimum absolute atomic E-state index is 0.312. The van der Waals surface area contributed by atoms with Crippen molar-refractivity contribution < 1.29 is 4.39 Å². The van der Waals surface area contributed by atoms with Crippen LogP contribution in [-0.2, 0) is 0 Å². The van der Waals surface area contributed by atoms with Crippen molar-refractivity contribution in [1.82, 2.24) is 9.97 Å². The molecule has 0 spiro atoms. The smallest absolute Gasteiger partial charge is 0.152 e. The van der Waals surface area contributed by atoms with Gasteiger partial charge in [-0.1, -0.05) is 0 Å². The molecule has 0 aliphatic heterocycles.